The average molecular weight is 288 g/mol. The van der Waals surface area contributed by atoms with Gasteiger partial charge in [0.1, 0.15) is 24.2 Å². The van der Waals surface area contributed by atoms with Gasteiger partial charge in [-0.05, 0) is 42.0 Å². The van der Waals surface area contributed by atoms with Crippen molar-refractivity contribution in [2.24, 2.45) is 0 Å². The maximum absolute atomic E-state index is 10.7. The number of aromatic carboxylic acids is 1. The molecule has 0 aliphatic heterocycles. The Bertz CT molecular complexity index is 606. The molecule has 110 valence electrons. The van der Waals surface area contributed by atoms with Crippen LogP contribution in [0.5, 0.6) is 11.5 Å². The Morgan fingerprint density at radius 3 is 2.48 bits per heavy atom. The summed E-state index contributed by atoms with van der Waals surface area (Å²) in [5.74, 6) is 0.178. The zero-order chi connectivity index (χ0) is 15.2. The predicted molar refractivity (Wildman–Crippen MR) is 76.9 cm³/mol. The summed E-state index contributed by atoms with van der Waals surface area (Å²) in [6.45, 7) is 0.0690. The Hall–Kier alpha value is -2.53. The minimum Gasteiger partial charge on any atom is -0.497 e. The van der Waals surface area contributed by atoms with Gasteiger partial charge >= 0.3 is 5.97 Å². The standard InChI is InChI=1S/C16H16O5/c1-20-14-4-2-3-12(9-14)15(17)10-21-13-7-5-11(6-8-13)16(18)19/h2-9,15,17H,10H2,1H3,(H,18,19). The summed E-state index contributed by atoms with van der Waals surface area (Å²) in [6.07, 6.45) is -0.792. The average Bonchev–Trinajstić information content (AvgIpc) is 2.53. The van der Waals surface area contributed by atoms with Crippen molar-refractivity contribution in [3.8, 4) is 11.5 Å². The molecule has 0 fully saturated rings. The molecule has 2 aromatic carbocycles. The lowest BCUT2D eigenvalue weighted by molar-refractivity contribution is 0.0696. The Balaban J connectivity index is 1.96. The normalized spacial score (nSPS) is 11.7. The number of aliphatic hydroxyl groups excluding tert-OH is 1. The number of carboxylic acid groups (broad SMARTS) is 1. The van der Waals surface area contributed by atoms with Crippen LogP contribution in [0.25, 0.3) is 0 Å². The molecule has 0 bridgehead atoms. The highest BCUT2D eigenvalue weighted by atomic mass is 16.5. The van der Waals surface area contributed by atoms with E-state index in [1.807, 2.05) is 0 Å². The molecule has 2 aromatic rings. The predicted octanol–water partition coefficient (Wildman–Crippen LogP) is 2.51. The molecule has 1 unspecified atom stereocenters. The number of rotatable bonds is 6. The molecular formula is C16H16O5. The second-order valence-corrected chi connectivity index (χ2v) is 4.43. The van der Waals surface area contributed by atoms with Crippen molar-refractivity contribution in [3.05, 3.63) is 59.7 Å². The molecule has 5 heteroatoms. The van der Waals surface area contributed by atoms with Crippen molar-refractivity contribution in [1.82, 2.24) is 0 Å². The summed E-state index contributed by atoms with van der Waals surface area (Å²) < 4.78 is 10.5. The van der Waals surface area contributed by atoms with Crippen molar-refractivity contribution >= 4 is 5.97 Å². The number of aliphatic hydroxyl groups is 1. The SMILES string of the molecule is COc1cccc(C(O)COc2ccc(C(=O)O)cc2)c1. The zero-order valence-electron chi connectivity index (χ0n) is 11.5. The highest BCUT2D eigenvalue weighted by molar-refractivity contribution is 5.87. The number of methoxy groups -OCH3 is 1. The van der Waals surface area contributed by atoms with Gasteiger partial charge < -0.3 is 19.7 Å². The largest absolute Gasteiger partial charge is 0.497 e. The molecule has 0 amide bonds. The fourth-order valence-electron chi connectivity index (χ4n) is 1.81. The van der Waals surface area contributed by atoms with E-state index in [2.05, 4.69) is 0 Å². The fraction of sp³-hybridized carbons (Fsp3) is 0.188. The molecule has 0 spiro atoms. The first-order valence-corrected chi connectivity index (χ1v) is 6.38. The molecule has 21 heavy (non-hydrogen) atoms. The summed E-state index contributed by atoms with van der Waals surface area (Å²) in [5.41, 5.74) is 0.882. The molecule has 0 aliphatic rings. The molecule has 0 aliphatic carbocycles. The monoisotopic (exact) mass is 288 g/mol. The summed E-state index contributed by atoms with van der Waals surface area (Å²) in [6, 6.07) is 13.1. The first-order valence-electron chi connectivity index (χ1n) is 6.38. The third-order valence-electron chi connectivity index (χ3n) is 2.99. The molecule has 0 aromatic heterocycles. The van der Waals surface area contributed by atoms with Crippen LogP contribution < -0.4 is 9.47 Å². The highest BCUT2D eigenvalue weighted by Gasteiger charge is 2.10. The van der Waals surface area contributed by atoms with Crippen LogP contribution >= 0.6 is 0 Å². The van der Waals surface area contributed by atoms with Gasteiger partial charge in [0.05, 0.1) is 12.7 Å². The number of hydrogen-bond acceptors (Lipinski definition) is 4. The minimum absolute atomic E-state index is 0.0690. The van der Waals surface area contributed by atoms with Crippen molar-refractivity contribution in [2.75, 3.05) is 13.7 Å². The third kappa shape index (κ3) is 3.97. The second kappa shape index (κ2) is 6.76. The summed E-state index contributed by atoms with van der Waals surface area (Å²) in [5, 5.41) is 18.9. The first kappa shape index (κ1) is 14.9. The molecule has 1 atom stereocenters. The maximum Gasteiger partial charge on any atom is 0.335 e. The van der Waals surface area contributed by atoms with E-state index in [0.29, 0.717) is 17.1 Å². The van der Waals surface area contributed by atoms with Gasteiger partial charge in [-0.3, -0.25) is 0 Å². The number of benzene rings is 2. The molecular weight excluding hydrogens is 272 g/mol. The van der Waals surface area contributed by atoms with Crippen LogP contribution in [0.2, 0.25) is 0 Å². The van der Waals surface area contributed by atoms with E-state index >= 15 is 0 Å². The molecule has 2 N–H and O–H groups in total. The lowest BCUT2D eigenvalue weighted by Crippen LogP contribution is -2.10. The van der Waals surface area contributed by atoms with Crippen LogP contribution in [0.15, 0.2) is 48.5 Å². The van der Waals surface area contributed by atoms with Crippen molar-refractivity contribution < 1.29 is 24.5 Å². The summed E-state index contributed by atoms with van der Waals surface area (Å²) in [7, 11) is 1.56. The van der Waals surface area contributed by atoms with E-state index in [1.54, 1.807) is 43.5 Å². The minimum atomic E-state index is -0.988. The maximum atomic E-state index is 10.7. The van der Waals surface area contributed by atoms with Gasteiger partial charge in [0.25, 0.3) is 0 Å². The third-order valence-corrected chi connectivity index (χ3v) is 2.99. The first-order chi connectivity index (χ1) is 10.1. The van der Waals surface area contributed by atoms with Gasteiger partial charge in [0.2, 0.25) is 0 Å². The lowest BCUT2D eigenvalue weighted by atomic mass is 10.1. The van der Waals surface area contributed by atoms with Crippen LogP contribution in [0, 0.1) is 0 Å². The number of carboxylic acids is 1. The van der Waals surface area contributed by atoms with Crippen LogP contribution in [0.1, 0.15) is 22.0 Å². The lowest BCUT2D eigenvalue weighted by Gasteiger charge is -2.13. The van der Waals surface area contributed by atoms with Crippen molar-refractivity contribution in [1.29, 1.82) is 0 Å². The molecule has 0 radical (unpaired) electrons. The topological polar surface area (TPSA) is 76.0 Å². The quantitative estimate of drug-likeness (QED) is 0.854. The second-order valence-electron chi connectivity index (χ2n) is 4.43. The van der Waals surface area contributed by atoms with Gasteiger partial charge in [-0.2, -0.15) is 0 Å². The highest BCUT2D eigenvalue weighted by Crippen LogP contribution is 2.20. The Kier molecular flexibility index (Phi) is 4.79. The van der Waals surface area contributed by atoms with Gasteiger partial charge in [0, 0.05) is 0 Å². The van der Waals surface area contributed by atoms with E-state index in [4.69, 9.17) is 14.6 Å². The van der Waals surface area contributed by atoms with Crippen LogP contribution in [0.4, 0.5) is 0 Å². The smallest absolute Gasteiger partial charge is 0.335 e. The van der Waals surface area contributed by atoms with Crippen molar-refractivity contribution in [3.63, 3.8) is 0 Å². The molecule has 0 saturated heterocycles. The Morgan fingerprint density at radius 1 is 1.14 bits per heavy atom. The van der Waals surface area contributed by atoms with E-state index < -0.39 is 12.1 Å². The molecule has 0 saturated carbocycles. The number of ether oxygens (including phenoxy) is 2. The van der Waals surface area contributed by atoms with E-state index in [9.17, 15) is 9.90 Å². The van der Waals surface area contributed by atoms with Crippen LogP contribution in [-0.2, 0) is 0 Å². The van der Waals surface area contributed by atoms with Gasteiger partial charge in [0.15, 0.2) is 0 Å². The van der Waals surface area contributed by atoms with Crippen molar-refractivity contribution in [2.45, 2.75) is 6.10 Å². The van der Waals surface area contributed by atoms with Gasteiger partial charge in [-0.15, -0.1) is 0 Å². The van der Waals surface area contributed by atoms with Crippen LogP contribution in [0.3, 0.4) is 0 Å². The molecule has 0 heterocycles. The summed E-state index contributed by atoms with van der Waals surface area (Å²) >= 11 is 0. The van der Waals surface area contributed by atoms with Gasteiger partial charge in [-0.25, -0.2) is 4.79 Å². The fourth-order valence-corrected chi connectivity index (χ4v) is 1.81. The molecule has 5 nitrogen and oxygen atoms in total. The van der Waals surface area contributed by atoms with E-state index in [0.717, 1.165) is 0 Å². The summed E-state index contributed by atoms with van der Waals surface area (Å²) in [4.78, 5) is 10.7. The number of carbonyl (C=O) groups is 1. The van der Waals surface area contributed by atoms with Gasteiger partial charge in [-0.1, -0.05) is 12.1 Å². The van der Waals surface area contributed by atoms with Crippen LogP contribution in [-0.4, -0.2) is 29.9 Å². The Morgan fingerprint density at radius 2 is 1.86 bits per heavy atom. The van der Waals surface area contributed by atoms with E-state index in [1.165, 1.54) is 12.1 Å². The van der Waals surface area contributed by atoms with E-state index in [-0.39, 0.29) is 12.2 Å². The molecule has 2 rings (SSSR count). The zero-order valence-corrected chi connectivity index (χ0v) is 11.5. The number of hydrogen-bond donors (Lipinski definition) is 2. The Labute approximate surface area is 122 Å².